The molecule has 1 heteroatoms. The van der Waals surface area contributed by atoms with E-state index in [1.165, 1.54) is 23.7 Å². The van der Waals surface area contributed by atoms with Crippen LogP contribution in [-0.2, 0) is 0 Å². The van der Waals surface area contributed by atoms with Crippen molar-refractivity contribution in [3.05, 3.63) is 0 Å². The third-order valence-electron chi connectivity index (χ3n) is 4.30. The van der Waals surface area contributed by atoms with Crippen molar-refractivity contribution >= 4 is 12.4 Å². The molecule has 0 radical (unpaired) electrons. The molecule has 0 spiro atoms. The summed E-state index contributed by atoms with van der Waals surface area (Å²) in [5.41, 5.74) is 0. The van der Waals surface area contributed by atoms with Crippen LogP contribution >= 0.6 is 12.4 Å². The predicted molar refractivity (Wildman–Crippen MR) is 48.9 cm³/mol. The summed E-state index contributed by atoms with van der Waals surface area (Å²) in [5, 5.41) is 0. The number of hydrogen-bond donors (Lipinski definition) is 0. The summed E-state index contributed by atoms with van der Waals surface area (Å²) in [7, 11) is 0. The second kappa shape index (κ2) is 2.65. The second-order valence-electron chi connectivity index (χ2n) is 4.68. The van der Waals surface area contributed by atoms with E-state index < -0.39 is 0 Å². The SMILES string of the molecule is C1CC2C3CCC2CC1C3.Cl. The number of rotatable bonds is 0. The van der Waals surface area contributed by atoms with Gasteiger partial charge in [0, 0.05) is 0 Å². The molecular formula is C10H17Cl. The minimum Gasteiger partial charge on any atom is -0.147 e. The van der Waals surface area contributed by atoms with Crippen molar-refractivity contribution in [2.75, 3.05) is 0 Å². The van der Waals surface area contributed by atoms with Gasteiger partial charge in [0.2, 0.25) is 0 Å². The zero-order valence-electron chi connectivity index (χ0n) is 6.96. The highest BCUT2D eigenvalue weighted by Crippen LogP contribution is 2.56. The molecule has 4 aliphatic carbocycles. The van der Waals surface area contributed by atoms with Crippen molar-refractivity contribution in [3.8, 4) is 0 Å². The fraction of sp³-hybridized carbons (Fsp3) is 1.00. The molecule has 0 aromatic heterocycles. The molecule has 4 bridgehead atoms. The van der Waals surface area contributed by atoms with Crippen LogP contribution in [0.25, 0.3) is 0 Å². The fourth-order valence-corrected chi connectivity index (χ4v) is 3.91. The van der Waals surface area contributed by atoms with E-state index in [-0.39, 0.29) is 12.4 Å². The number of hydrogen-bond acceptors (Lipinski definition) is 0. The van der Waals surface area contributed by atoms with E-state index in [0.29, 0.717) is 0 Å². The van der Waals surface area contributed by atoms with E-state index in [1.807, 2.05) is 0 Å². The third kappa shape index (κ3) is 1.02. The molecule has 11 heavy (non-hydrogen) atoms. The van der Waals surface area contributed by atoms with E-state index in [9.17, 15) is 0 Å². The molecule has 0 N–H and O–H groups in total. The highest BCUT2D eigenvalue weighted by Gasteiger charge is 2.45. The Morgan fingerprint density at radius 1 is 0.727 bits per heavy atom. The molecule has 4 saturated carbocycles. The van der Waals surface area contributed by atoms with E-state index in [0.717, 1.165) is 0 Å². The zero-order valence-corrected chi connectivity index (χ0v) is 7.78. The molecule has 2 atom stereocenters. The van der Waals surface area contributed by atoms with Gasteiger partial charge >= 0.3 is 0 Å². The first-order chi connectivity index (χ1) is 4.93. The fourth-order valence-electron chi connectivity index (χ4n) is 3.91. The van der Waals surface area contributed by atoms with E-state index in [1.54, 1.807) is 38.5 Å². The highest BCUT2D eigenvalue weighted by molar-refractivity contribution is 5.85. The molecule has 0 aromatic carbocycles. The maximum Gasteiger partial charge on any atom is -0.0357 e. The average Bonchev–Trinajstić information content (AvgIpc) is 2.29. The summed E-state index contributed by atoms with van der Waals surface area (Å²) >= 11 is 0. The lowest BCUT2D eigenvalue weighted by Gasteiger charge is -2.41. The van der Waals surface area contributed by atoms with Crippen LogP contribution < -0.4 is 0 Å². The molecule has 0 nitrogen and oxygen atoms in total. The molecule has 0 aromatic rings. The van der Waals surface area contributed by atoms with Crippen LogP contribution in [-0.4, -0.2) is 0 Å². The van der Waals surface area contributed by atoms with E-state index in [4.69, 9.17) is 0 Å². The van der Waals surface area contributed by atoms with Gasteiger partial charge in [-0.2, -0.15) is 0 Å². The van der Waals surface area contributed by atoms with Crippen molar-refractivity contribution in [1.29, 1.82) is 0 Å². The Kier molecular flexibility index (Phi) is 1.91. The maximum atomic E-state index is 1.61. The summed E-state index contributed by atoms with van der Waals surface area (Å²) in [6.07, 6.45) is 9.58. The van der Waals surface area contributed by atoms with Crippen LogP contribution in [0.4, 0.5) is 0 Å². The first kappa shape index (κ1) is 7.91. The monoisotopic (exact) mass is 172 g/mol. The summed E-state index contributed by atoms with van der Waals surface area (Å²) in [5.74, 6) is 4.75. The van der Waals surface area contributed by atoms with Crippen LogP contribution in [0.5, 0.6) is 0 Å². The molecule has 0 aliphatic heterocycles. The van der Waals surface area contributed by atoms with Gasteiger partial charge in [0.15, 0.2) is 0 Å². The Balaban J connectivity index is 0.000000480. The van der Waals surface area contributed by atoms with Gasteiger partial charge < -0.3 is 0 Å². The van der Waals surface area contributed by atoms with Gasteiger partial charge in [-0.3, -0.25) is 0 Å². The average molecular weight is 173 g/mol. The predicted octanol–water partition coefficient (Wildman–Crippen LogP) is 3.25. The molecule has 4 rings (SSSR count). The summed E-state index contributed by atoms with van der Waals surface area (Å²) < 4.78 is 0. The molecule has 0 amide bonds. The van der Waals surface area contributed by atoms with E-state index >= 15 is 0 Å². The van der Waals surface area contributed by atoms with Gasteiger partial charge in [0.05, 0.1) is 0 Å². The maximum absolute atomic E-state index is 1.61. The first-order valence-electron chi connectivity index (χ1n) is 4.93. The lowest BCUT2D eigenvalue weighted by molar-refractivity contribution is 0.0886. The number of fused-ring (bicyclic) bond motifs is 1. The largest absolute Gasteiger partial charge is 0.147 e. The molecule has 4 aliphatic rings. The Hall–Kier alpha value is 0.290. The van der Waals surface area contributed by atoms with Crippen LogP contribution in [0.15, 0.2) is 0 Å². The Bertz CT molecular complexity index is 141. The summed E-state index contributed by atoms with van der Waals surface area (Å²) in [6.45, 7) is 0. The van der Waals surface area contributed by atoms with Gasteiger partial charge in [0.25, 0.3) is 0 Å². The molecule has 4 fully saturated rings. The van der Waals surface area contributed by atoms with Crippen molar-refractivity contribution in [2.45, 2.75) is 38.5 Å². The van der Waals surface area contributed by atoms with Crippen LogP contribution in [0, 0.1) is 23.7 Å². The summed E-state index contributed by atoms with van der Waals surface area (Å²) in [6, 6.07) is 0. The molecule has 2 unspecified atom stereocenters. The normalized spacial score (nSPS) is 52.4. The van der Waals surface area contributed by atoms with Crippen LogP contribution in [0.3, 0.4) is 0 Å². The van der Waals surface area contributed by atoms with Gasteiger partial charge in [-0.15, -0.1) is 12.4 Å². The van der Waals surface area contributed by atoms with Crippen LogP contribution in [0.1, 0.15) is 38.5 Å². The first-order valence-corrected chi connectivity index (χ1v) is 4.93. The Labute approximate surface area is 75.2 Å². The zero-order chi connectivity index (χ0) is 6.55. The van der Waals surface area contributed by atoms with Crippen molar-refractivity contribution in [1.82, 2.24) is 0 Å². The van der Waals surface area contributed by atoms with Gasteiger partial charge in [0.1, 0.15) is 0 Å². The lowest BCUT2D eigenvalue weighted by atomic mass is 9.64. The van der Waals surface area contributed by atoms with Crippen molar-refractivity contribution in [2.24, 2.45) is 23.7 Å². The number of halogens is 1. The second-order valence-corrected chi connectivity index (χ2v) is 4.68. The molecule has 0 heterocycles. The highest BCUT2D eigenvalue weighted by atomic mass is 35.5. The molecule has 0 saturated heterocycles. The Morgan fingerprint density at radius 3 is 1.82 bits per heavy atom. The topological polar surface area (TPSA) is 0 Å². The molecule has 64 valence electrons. The quantitative estimate of drug-likeness (QED) is 0.526. The molecular weight excluding hydrogens is 156 g/mol. The van der Waals surface area contributed by atoms with Crippen molar-refractivity contribution in [3.63, 3.8) is 0 Å². The minimum atomic E-state index is 0. The van der Waals surface area contributed by atoms with Gasteiger partial charge in [-0.05, 0) is 55.8 Å². The standard InChI is InChI=1S/C10H16.ClH/c1-4-10-8-2-3-9(10)6-7(1)5-8;/h7-10H,1-6H2;1H. The smallest absolute Gasteiger partial charge is 0.0357 e. The third-order valence-corrected chi connectivity index (χ3v) is 4.30. The Morgan fingerprint density at radius 2 is 1.36 bits per heavy atom. The van der Waals surface area contributed by atoms with Crippen LogP contribution in [0.2, 0.25) is 0 Å². The van der Waals surface area contributed by atoms with E-state index in [2.05, 4.69) is 0 Å². The minimum absolute atomic E-state index is 0. The van der Waals surface area contributed by atoms with Gasteiger partial charge in [-0.25, -0.2) is 0 Å². The summed E-state index contributed by atoms with van der Waals surface area (Å²) in [4.78, 5) is 0. The lowest BCUT2D eigenvalue weighted by Crippen LogP contribution is -2.32. The van der Waals surface area contributed by atoms with Gasteiger partial charge in [-0.1, -0.05) is 6.42 Å². The van der Waals surface area contributed by atoms with Crippen molar-refractivity contribution < 1.29 is 0 Å².